The predicted molar refractivity (Wildman–Crippen MR) is 112 cm³/mol. The SMILES string of the molecule is C[C@@H](N)Cc1ccc(Oc2ccc(CC3SC(=O)CC3=O)cc2)cc1.Cl.O=C=O. The third-order valence-corrected chi connectivity index (χ3v) is 5.13. The molecule has 154 valence electrons. The Morgan fingerprint density at radius 1 is 1.03 bits per heavy atom. The van der Waals surface area contributed by atoms with Gasteiger partial charge in [0.25, 0.3) is 0 Å². The van der Waals surface area contributed by atoms with Gasteiger partial charge in [-0.05, 0) is 55.2 Å². The molecule has 2 atom stereocenters. The Hall–Kier alpha value is -2.44. The van der Waals surface area contributed by atoms with Crippen LogP contribution in [0.5, 0.6) is 11.5 Å². The molecular formula is C21H22ClNO5S. The van der Waals surface area contributed by atoms with Crippen molar-refractivity contribution in [2.75, 3.05) is 0 Å². The van der Waals surface area contributed by atoms with Crippen molar-refractivity contribution in [3.05, 3.63) is 59.7 Å². The van der Waals surface area contributed by atoms with Crippen LogP contribution >= 0.6 is 24.2 Å². The fraction of sp³-hybridized carbons (Fsp3) is 0.286. The summed E-state index contributed by atoms with van der Waals surface area (Å²) in [5.41, 5.74) is 8.02. The summed E-state index contributed by atoms with van der Waals surface area (Å²) in [7, 11) is 0. The second-order valence-corrected chi connectivity index (χ2v) is 7.74. The average Bonchev–Trinajstić information content (AvgIpc) is 2.96. The van der Waals surface area contributed by atoms with Crippen molar-refractivity contribution in [3.8, 4) is 11.5 Å². The van der Waals surface area contributed by atoms with Gasteiger partial charge in [-0.15, -0.1) is 12.4 Å². The fourth-order valence-electron chi connectivity index (χ4n) is 2.79. The maximum Gasteiger partial charge on any atom is 0.373 e. The first kappa shape index (κ1) is 24.6. The van der Waals surface area contributed by atoms with Crippen molar-refractivity contribution in [2.45, 2.75) is 37.5 Å². The van der Waals surface area contributed by atoms with E-state index < -0.39 is 0 Å². The number of ether oxygens (including phenoxy) is 1. The summed E-state index contributed by atoms with van der Waals surface area (Å²) < 4.78 is 5.84. The van der Waals surface area contributed by atoms with Crippen LogP contribution in [0.2, 0.25) is 0 Å². The molecule has 1 aliphatic heterocycles. The zero-order chi connectivity index (χ0) is 20.5. The Labute approximate surface area is 179 Å². The lowest BCUT2D eigenvalue weighted by Gasteiger charge is -2.10. The van der Waals surface area contributed by atoms with E-state index in [2.05, 4.69) is 0 Å². The number of thioether (sulfide) groups is 1. The molecule has 1 unspecified atom stereocenters. The smallest absolute Gasteiger partial charge is 0.373 e. The van der Waals surface area contributed by atoms with E-state index >= 15 is 0 Å². The second-order valence-electron chi connectivity index (χ2n) is 6.48. The molecule has 1 aliphatic rings. The molecule has 2 aromatic rings. The summed E-state index contributed by atoms with van der Waals surface area (Å²) in [4.78, 5) is 39.3. The zero-order valence-electron chi connectivity index (χ0n) is 15.8. The van der Waals surface area contributed by atoms with Gasteiger partial charge in [0, 0.05) is 6.04 Å². The van der Waals surface area contributed by atoms with E-state index in [-0.39, 0.29) is 47.2 Å². The number of carbonyl (C=O) groups excluding carboxylic acids is 4. The number of halogens is 1. The monoisotopic (exact) mass is 435 g/mol. The quantitative estimate of drug-likeness (QED) is 0.694. The molecule has 0 saturated carbocycles. The summed E-state index contributed by atoms with van der Waals surface area (Å²) >= 11 is 1.15. The van der Waals surface area contributed by atoms with Crippen molar-refractivity contribution >= 4 is 41.2 Å². The molecule has 0 aromatic heterocycles. The van der Waals surface area contributed by atoms with Crippen LogP contribution in [0.15, 0.2) is 48.5 Å². The topological polar surface area (TPSA) is 104 Å². The number of carbonyl (C=O) groups is 2. The maximum atomic E-state index is 11.7. The molecule has 6 nitrogen and oxygen atoms in total. The van der Waals surface area contributed by atoms with Crippen molar-refractivity contribution < 1.29 is 23.9 Å². The fourth-order valence-corrected chi connectivity index (χ4v) is 3.82. The van der Waals surface area contributed by atoms with Crippen LogP contribution in [0, 0.1) is 0 Å². The Kier molecular flexibility index (Phi) is 10.3. The molecule has 2 aromatic carbocycles. The van der Waals surface area contributed by atoms with Crippen LogP contribution in [-0.4, -0.2) is 28.3 Å². The molecule has 0 aliphatic carbocycles. The van der Waals surface area contributed by atoms with E-state index in [1.54, 1.807) is 0 Å². The predicted octanol–water partition coefficient (Wildman–Crippen LogP) is 3.35. The first-order valence-electron chi connectivity index (χ1n) is 8.74. The molecule has 1 heterocycles. The van der Waals surface area contributed by atoms with E-state index in [9.17, 15) is 9.59 Å². The normalized spacial score (nSPS) is 16.1. The van der Waals surface area contributed by atoms with E-state index in [0.717, 1.165) is 35.2 Å². The van der Waals surface area contributed by atoms with Crippen LogP contribution < -0.4 is 10.5 Å². The summed E-state index contributed by atoms with van der Waals surface area (Å²) in [6, 6.07) is 15.7. The van der Waals surface area contributed by atoms with Crippen molar-refractivity contribution in [1.82, 2.24) is 0 Å². The first-order chi connectivity index (χ1) is 13.4. The van der Waals surface area contributed by atoms with Gasteiger partial charge in [-0.1, -0.05) is 36.0 Å². The molecular weight excluding hydrogens is 414 g/mol. The number of Topliss-reactive ketones (excluding diaryl/α,β-unsaturated/α-hetero) is 1. The Bertz CT molecular complexity index is 846. The Balaban J connectivity index is 0.000000990. The molecule has 8 heteroatoms. The van der Waals surface area contributed by atoms with Gasteiger partial charge >= 0.3 is 6.15 Å². The van der Waals surface area contributed by atoms with Gasteiger partial charge in [0.15, 0.2) is 10.9 Å². The van der Waals surface area contributed by atoms with E-state index in [1.807, 2.05) is 55.5 Å². The minimum atomic E-state index is -0.239. The summed E-state index contributed by atoms with van der Waals surface area (Å²) in [5.74, 6) is 1.54. The molecule has 0 spiro atoms. The number of ketones is 1. The third-order valence-electron chi connectivity index (χ3n) is 4.01. The summed E-state index contributed by atoms with van der Waals surface area (Å²) in [5, 5.41) is -0.265. The summed E-state index contributed by atoms with van der Waals surface area (Å²) in [6.07, 6.45) is 1.74. The molecule has 0 amide bonds. The van der Waals surface area contributed by atoms with Gasteiger partial charge in [-0.3, -0.25) is 9.59 Å². The van der Waals surface area contributed by atoms with Crippen molar-refractivity contribution in [2.24, 2.45) is 5.73 Å². The molecule has 2 N–H and O–H groups in total. The van der Waals surface area contributed by atoms with Crippen molar-refractivity contribution in [3.63, 3.8) is 0 Å². The number of benzene rings is 2. The highest BCUT2D eigenvalue weighted by atomic mass is 35.5. The summed E-state index contributed by atoms with van der Waals surface area (Å²) in [6.45, 7) is 1.99. The van der Waals surface area contributed by atoms with Crippen LogP contribution in [0.4, 0.5) is 0 Å². The lowest BCUT2D eigenvalue weighted by atomic mass is 10.1. The van der Waals surface area contributed by atoms with Gasteiger partial charge in [0.1, 0.15) is 11.5 Å². The molecule has 0 bridgehead atoms. The van der Waals surface area contributed by atoms with Crippen LogP contribution in [0.25, 0.3) is 0 Å². The molecule has 1 saturated heterocycles. The van der Waals surface area contributed by atoms with Gasteiger partial charge in [0.2, 0.25) is 0 Å². The first-order valence-corrected chi connectivity index (χ1v) is 9.62. The van der Waals surface area contributed by atoms with E-state index in [0.29, 0.717) is 6.42 Å². The molecule has 3 rings (SSSR count). The van der Waals surface area contributed by atoms with Crippen LogP contribution in [0.1, 0.15) is 24.5 Å². The third kappa shape index (κ3) is 8.21. The highest BCUT2D eigenvalue weighted by Crippen LogP contribution is 2.29. The molecule has 29 heavy (non-hydrogen) atoms. The highest BCUT2D eigenvalue weighted by molar-refractivity contribution is 8.15. The lowest BCUT2D eigenvalue weighted by Crippen LogP contribution is -2.17. The standard InChI is InChI=1S/C20H21NO3S.CO2.ClH/c1-13(21)10-14-2-6-16(7-3-14)24-17-8-4-15(5-9-17)11-19-18(22)12-20(23)25-19;2-1-3;/h2-9,13,19H,10-12,21H2,1H3;;1H/t13-,19?;;/m1../s1. The lowest BCUT2D eigenvalue weighted by molar-refractivity contribution is -0.191. The highest BCUT2D eigenvalue weighted by Gasteiger charge is 2.31. The number of hydrogen-bond acceptors (Lipinski definition) is 7. The molecule has 1 fully saturated rings. The van der Waals surface area contributed by atoms with Crippen molar-refractivity contribution in [1.29, 1.82) is 0 Å². The van der Waals surface area contributed by atoms with Crippen LogP contribution in [-0.2, 0) is 32.0 Å². The Morgan fingerprint density at radius 2 is 1.52 bits per heavy atom. The minimum absolute atomic E-state index is 0. The minimum Gasteiger partial charge on any atom is -0.457 e. The maximum absolute atomic E-state index is 11.7. The average molecular weight is 436 g/mol. The van der Waals surface area contributed by atoms with Gasteiger partial charge < -0.3 is 10.5 Å². The van der Waals surface area contributed by atoms with E-state index in [1.165, 1.54) is 5.56 Å². The van der Waals surface area contributed by atoms with Crippen LogP contribution in [0.3, 0.4) is 0 Å². The van der Waals surface area contributed by atoms with Gasteiger partial charge in [0.05, 0.1) is 11.7 Å². The van der Waals surface area contributed by atoms with Gasteiger partial charge in [-0.25, -0.2) is 0 Å². The van der Waals surface area contributed by atoms with E-state index in [4.69, 9.17) is 20.1 Å². The number of nitrogens with two attached hydrogens (primary N) is 1. The number of rotatable bonds is 6. The second kappa shape index (κ2) is 12.2. The zero-order valence-corrected chi connectivity index (χ0v) is 17.5. The molecule has 0 radical (unpaired) electrons. The largest absolute Gasteiger partial charge is 0.457 e. The van der Waals surface area contributed by atoms with Gasteiger partial charge in [-0.2, -0.15) is 9.59 Å². The Morgan fingerprint density at radius 3 is 1.93 bits per heavy atom. The number of hydrogen-bond donors (Lipinski definition) is 1.